The molecule has 2 saturated heterocycles. The lowest BCUT2D eigenvalue weighted by Crippen LogP contribution is -2.32. The SMILES string of the molecule is Cc1ccccc1C1CCCN1C(=O)CSC1CCS(=O)(=O)C1. The molecule has 2 aliphatic heterocycles. The van der Waals surface area contributed by atoms with Crippen LogP contribution in [0.5, 0.6) is 0 Å². The zero-order valence-electron chi connectivity index (χ0n) is 13.4. The summed E-state index contributed by atoms with van der Waals surface area (Å²) in [5.41, 5.74) is 2.47. The Bertz CT molecular complexity index is 687. The molecule has 2 aliphatic rings. The molecule has 2 fully saturated rings. The van der Waals surface area contributed by atoms with E-state index in [0.29, 0.717) is 12.2 Å². The van der Waals surface area contributed by atoms with E-state index in [2.05, 4.69) is 19.1 Å². The zero-order chi connectivity index (χ0) is 16.4. The maximum atomic E-state index is 12.6. The fourth-order valence-corrected chi connectivity index (χ4v) is 7.04. The average Bonchev–Trinajstić information content (AvgIpc) is 3.12. The molecule has 0 aliphatic carbocycles. The third-order valence-corrected chi connectivity index (χ3v) is 8.02. The minimum atomic E-state index is -2.87. The van der Waals surface area contributed by atoms with Crippen LogP contribution in [0.25, 0.3) is 0 Å². The van der Waals surface area contributed by atoms with Gasteiger partial charge in [0.05, 0.1) is 23.3 Å². The second kappa shape index (κ2) is 6.85. The smallest absolute Gasteiger partial charge is 0.233 e. The summed E-state index contributed by atoms with van der Waals surface area (Å²) in [6, 6.07) is 8.44. The number of carbonyl (C=O) groups is 1. The number of thioether (sulfide) groups is 1. The summed E-state index contributed by atoms with van der Waals surface area (Å²) in [6.45, 7) is 2.90. The highest BCUT2D eigenvalue weighted by Crippen LogP contribution is 2.34. The summed E-state index contributed by atoms with van der Waals surface area (Å²) in [5, 5.41) is 0.0865. The molecule has 3 rings (SSSR count). The monoisotopic (exact) mass is 353 g/mol. The number of sulfone groups is 1. The van der Waals surface area contributed by atoms with Gasteiger partial charge < -0.3 is 4.90 Å². The predicted octanol–water partition coefficient (Wildman–Crippen LogP) is 2.58. The van der Waals surface area contributed by atoms with Gasteiger partial charge in [-0.25, -0.2) is 8.42 Å². The summed E-state index contributed by atoms with van der Waals surface area (Å²) >= 11 is 1.51. The molecule has 1 aromatic rings. The van der Waals surface area contributed by atoms with Crippen molar-refractivity contribution < 1.29 is 13.2 Å². The Morgan fingerprint density at radius 2 is 2.09 bits per heavy atom. The molecule has 126 valence electrons. The highest BCUT2D eigenvalue weighted by atomic mass is 32.2. The maximum absolute atomic E-state index is 12.6. The number of nitrogens with zero attached hydrogens (tertiary/aromatic N) is 1. The van der Waals surface area contributed by atoms with E-state index in [1.54, 1.807) is 0 Å². The summed E-state index contributed by atoms with van der Waals surface area (Å²) in [7, 11) is -2.87. The van der Waals surface area contributed by atoms with Crippen molar-refractivity contribution in [1.29, 1.82) is 0 Å². The van der Waals surface area contributed by atoms with Crippen molar-refractivity contribution in [2.75, 3.05) is 23.8 Å². The molecule has 2 heterocycles. The third kappa shape index (κ3) is 3.91. The first-order chi connectivity index (χ1) is 11.0. The summed E-state index contributed by atoms with van der Waals surface area (Å²) in [6.07, 6.45) is 2.73. The van der Waals surface area contributed by atoms with Crippen LogP contribution in [0.1, 0.15) is 36.4 Å². The van der Waals surface area contributed by atoms with Gasteiger partial charge in [0.2, 0.25) is 5.91 Å². The van der Waals surface area contributed by atoms with Crippen LogP contribution in [-0.2, 0) is 14.6 Å². The number of carbonyl (C=O) groups excluding carboxylic acids is 1. The van der Waals surface area contributed by atoms with Crippen molar-refractivity contribution in [1.82, 2.24) is 4.90 Å². The van der Waals surface area contributed by atoms with Crippen LogP contribution < -0.4 is 0 Å². The first-order valence-corrected chi connectivity index (χ1v) is 11.0. The molecule has 0 spiro atoms. The zero-order valence-corrected chi connectivity index (χ0v) is 15.0. The predicted molar refractivity (Wildman–Crippen MR) is 94.4 cm³/mol. The van der Waals surface area contributed by atoms with Crippen molar-refractivity contribution in [2.45, 2.75) is 37.5 Å². The molecule has 1 amide bonds. The Labute approximate surface area is 142 Å². The standard InChI is InChI=1S/C17H23NO3S2/c1-13-5-2-3-6-15(13)16-7-4-9-18(16)17(19)11-22-14-8-10-23(20,21)12-14/h2-3,5-6,14,16H,4,7-12H2,1H3. The molecule has 0 N–H and O–H groups in total. The number of hydrogen-bond donors (Lipinski definition) is 0. The number of amides is 1. The molecule has 23 heavy (non-hydrogen) atoms. The Hall–Kier alpha value is -1.01. The fraction of sp³-hybridized carbons (Fsp3) is 0.588. The Kier molecular flexibility index (Phi) is 5.01. The second-order valence-electron chi connectivity index (χ2n) is 6.44. The van der Waals surface area contributed by atoms with Crippen LogP contribution in [0.3, 0.4) is 0 Å². The molecule has 0 aromatic heterocycles. The summed E-state index contributed by atoms with van der Waals surface area (Å²) in [4.78, 5) is 14.6. The lowest BCUT2D eigenvalue weighted by atomic mass is 9.99. The van der Waals surface area contributed by atoms with Crippen molar-refractivity contribution in [3.05, 3.63) is 35.4 Å². The molecular formula is C17H23NO3S2. The van der Waals surface area contributed by atoms with Gasteiger partial charge in [-0.3, -0.25) is 4.79 Å². The number of hydrogen-bond acceptors (Lipinski definition) is 4. The van der Waals surface area contributed by atoms with Gasteiger partial charge in [-0.05, 0) is 37.3 Å². The number of rotatable bonds is 4. The van der Waals surface area contributed by atoms with E-state index in [9.17, 15) is 13.2 Å². The first kappa shape index (κ1) is 16.8. The number of benzene rings is 1. The largest absolute Gasteiger partial charge is 0.335 e. The lowest BCUT2D eigenvalue weighted by molar-refractivity contribution is -0.129. The van der Waals surface area contributed by atoms with Gasteiger partial charge in [0.1, 0.15) is 0 Å². The highest BCUT2D eigenvalue weighted by molar-refractivity contribution is 8.02. The summed E-state index contributed by atoms with van der Waals surface area (Å²) in [5.74, 6) is 1.04. The van der Waals surface area contributed by atoms with Crippen LogP contribution in [-0.4, -0.2) is 48.3 Å². The van der Waals surface area contributed by atoms with Crippen molar-refractivity contribution >= 4 is 27.5 Å². The molecule has 2 atom stereocenters. The van der Waals surface area contributed by atoms with Crippen LogP contribution in [0, 0.1) is 6.92 Å². The van der Waals surface area contributed by atoms with Gasteiger partial charge >= 0.3 is 0 Å². The highest BCUT2D eigenvalue weighted by Gasteiger charge is 2.33. The second-order valence-corrected chi connectivity index (χ2v) is 9.96. The van der Waals surface area contributed by atoms with E-state index < -0.39 is 9.84 Å². The molecule has 6 heteroatoms. The van der Waals surface area contributed by atoms with Gasteiger partial charge in [0.25, 0.3) is 0 Å². The molecule has 0 bridgehead atoms. The first-order valence-electron chi connectivity index (χ1n) is 8.13. The van der Waals surface area contributed by atoms with Crippen LogP contribution in [0.4, 0.5) is 0 Å². The third-order valence-electron chi connectivity index (χ3n) is 4.75. The van der Waals surface area contributed by atoms with Crippen molar-refractivity contribution in [3.63, 3.8) is 0 Å². The fourth-order valence-electron chi connectivity index (χ4n) is 3.51. The minimum absolute atomic E-state index is 0.0865. The van der Waals surface area contributed by atoms with Gasteiger partial charge in [-0.1, -0.05) is 24.3 Å². The Morgan fingerprint density at radius 3 is 2.78 bits per heavy atom. The molecule has 4 nitrogen and oxygen atoms in total. The van der Waals surface area contributed by atoms with Gasteiger partial charge in [-0.2, -0.15) is 0 Å². The molecular weight excluding hydrogens is 330 g/mol. The van der Waals surface area contributed by atoms with E-state index in [4.69, 9.17) is 0 Å². The summed E-state index contributed by atoms with van der Waals surface area (Å²) < 4.78 is 23.0. The number of likely N-dealkylation sites (tertiary alicyclic amines) is 1. The molecule has 2 unspecified atom stereocenters. The van der Waals surface area contributed by atoms with Crippen molar-refractivity contribution in [2.24, 2.45) is 0 Å². The van der Waals surface area contributed by atoms with Crippen LogP contribution in [0.2, 0.25) is 0 Å². The van der Waals surface area contributed by atoms with Crippen LogP contribution in [0.15, 0.2) is 24.3 Å². The minimum Gasteiger partial charge on any atom is -0.335 e. The van der Waals surface area contributed by atoms with E-state index in [0.717, 1.165) is 19.4 Å². The molecule has 0 radical (unpaired) electrons. The Morgan fingerprint density at radius 1 is 1.30 bits per heavy atom. The van der Waals surface area contributed by atoms with E-state index in [-0.39, 0.29) is 28.7 Å². The normalized spacial score (nSPS) is 26.6. The Balaban J connectivity index is 1.61. The topological polar surface area (TPSA) is 54.5 Å². The lowest BCUT2D eigenvalue weighted by Gasteiger charge is -2.26. The van der Waals surface area contributed by atoms with Gasteiger partial charge in [0.15, 0.2) is 9.84 Å². The van der Waals surface area contributed by atoms with Gasteiger partial charge in [-0.15, -0.1) is 11.8 Å². The van der Waals surface area contributed by atoms with Crippen molar-refractivity contribution in [3.8, 4) is 0 Å². The average molecular weight is 354 g/mol. The van der Waals surface area contributed by atoms with E-state index >= 15 is 0 Å². The van der Waals surface area contributed by atoms with E-state index in [1.165, 1.54) is 22.9 Å². The van der Waals surface area contributed by atoms with Gasteiger partial charge in [0, 0.05) is 11.8 Å². The maximum Gasteiger partial charge on any atom is 0.233 e. The quantitative estimate of drug-likeness (QED) is 0.835. The molecule has 0 saturated carbocycles. The van der Waals surface area contributed by atoms with E-state index in [1.807, 2.05) is 17.0 Å². The van der Waals surface area contributed by atoms with Crippen LogP contribution >= 0.6 is 11.8 Å². The molecule has 1 aromatic carbocycles. The number of aryl methyl sites for hydroxylation is 1.